The van der Waals surface area contributed by atoms with Crippen LogP contribution in [0.1, 0.15) is 24.8 Å². The number of nitrogens with one attached hydrogen (secondary N) is 1. The normalized spacial score (nSPS) is 13.9. The first-order valence-corrected chi connectivity index (χ1v) is 10.3. The number of hydrogen-bond acceptors (Lipinski definition) is 4. The Morgan fingerprint density at radius 2 is 1.79 bits per heavy atom. The van der Waals surface area contributed by atoms with Gasteiger partial charge in [0.2, 0.25) is 5.91 Å². The summed E-state index contributed by atoms with van der Waals surface area (Å²) in [7, 11) is 0. The third kappa shape index (κ3) is 4.93. The van der Waals surface area contributed by atoms with E-state index in [1.807, 2.05) is 54.6 Å². The van der Waals surface area contributed by atoms with E-state index in [-0.39, 0.29) is 12.3 Å². The molecule has 0 spiro atoms. The monoisotopic (exact) mass is 406 g/mol. The van der Waals surface area contributed by atoms with Gasteiger partial charge in [0.1, 0.15) is 0 Å². The number of carbonyl (C=O) groups excluding carboxylic acids is 1. The van der Waals surface area contributed by atoms with Crippen LogP contribution in [0.25, 0.3) is 11.3 Å². The second kappa shape index (κ2) is 9.05. The molecule has 2 heterocycles. The van der Waals surface area contributed by atoms with Crippen molar-refractivity contribution in [3.05, 3.63) is 71.2 Å². The standard InChI is InChI=1S/C23H23ClN4O/c24-20-10-3-2-7-17(20)16-23(29)25-19-9-6-8-18(15-19)21-11-12-22(27-26-21)28-13-4-1-5-14-28/h2-3,6-12,15H,1,4-5,13-14,16H2,(H,25,29). The SMILES string of the molecule is O=C(Cc1ccccc1Cl)Nc1cccc(-c2ccc(N3CCCCC3)nn2)c1. The predicted molar refractivity (Wildman–Crippen MR) is 117 cm³/mol. The Labute approximate surface area is 175 Å². The molecule has 4 rings (SSSR count). The van der Waals surface area contributed by atoms with Gasteiger partial charge in [-0.2, -0.15) is 0 Å². The molecule has 6 heteroatoms. The topological polar surface area (TPSA) is 58.1 Å². The van der Waals surface area contributed by atoms with Crippen LogP contribution in [-0.4, -0.2) is 29.2 Å². The first-order chi connectivity index (χ1) is 14.2. The van der Waals surface area contributed by atoms with E-state index in [1.165, 1.54) is 19.3 Å². The summed E-state index contributed by atoms with van der Waals surface area (Å²) < 4.78 is 0. The van der Waals surface area contributed by atoms with Gasteiger partial charge in [0.25, 0.3) is 0 Å². The number of aromatic nitrogens is 2. The van der Waals surface area contributed by atoms with E-state index in [2.05, 4.69) is 20.4 Å². The van der Waals surface area contributed by atoms with Crippen molar-refractivity contribution in [2.24, 2.45) is 0 Å². The first-order valence-electron chi connectivity index (χ1n) is 9.91. The average molecular weight is 407 g/mol. The number of anilines is 2. The molecular formula is C23H23ClN4O. The van der Waals surface area contributed by atoms with Crippen molar-refractivity contribution >= 4 is 29.0 Å². The Morgan fingerprint density at radius 1 is 0.966 bits per heavy atom. The second-order valence-electron chi connectivity index (χ2n) is 7.22. The van der Waals surface area contributed by atoms with Crippen molar-refractivity contribution in [2.45, 2.75) is 25.7 Å². The number of halogens is 1. The smallest absolute Gasteiger partial charge is 0.228 e. The molecule has 0 radical (unpaired) electrons. The lowest BCUT2D eigenvalue weighted by atomic mass is 10.1. The van der Waals surface area contributed by atoms with Gasteiger partial charge in [-0.25, -0.2) is 0 Å². The summed E-state index contributed by atoms with van der Waals surface area (Å²) >= 11 is 6.15. The van der Waals surface area contributed by atoms with Crippen LogP contribution >= 0.6 is 11.6 Å². The third-order valence-corrected chi connectivity index (χ3v) is 5.45. The van der Waals surface area contributed by atoms with Crippen LogP contribution in [0.15, 0.2) is 60.7 Å². The lowest BCUT2D eigenvalue weighted by Crippen LogP contribution is -2.30. The minimum absolute atomic E-state index is 0.109. The zero-order valence-corrected chi connectivity index (χ0v) is 16.9. The minimum Gasteiger partial charge on any atom is -0.355 e. The largest absolute Gasteiger partial charge is 0.355 e. The van der Waals surface area contributed by atoms with Crippen LogP contribution in [0.2, 0.25) is 5.02 Å². The summed E-state index contributed by atoms with van der Waals surface area (Å²) in [6.07, 6.45) is 3.93. The minimum atomic E-state index is -0.109. The summed E-state index contributed by atoms with van der Waals surface area (Å²) in [6.45, 7) is 2.09. The van der Waals surface area contributed by atoms with E-state index in [0.717, 1.165) is 41.4 Å². The Hall–Kier alpha value is -2.92. The summed E-state index contributed by atoms with van der Waals surface area (Å²) in [5.74, 6) is 0.819. The van der Waals surface area contributed by atoms with Crippen molar-refractivity contribution in [3.8, 4) is 11.3 Å². The van der Waals surface area contributed by atoms with E-state index >= 15 is 0 Å². The third-order valence-electron chi connectivity index (χ3n) is 5.08. The molecule has 0 unspecified atom stereocenters. The maximum atomic E-state index is 12.4. The highest BCUT2D eigenvalue weighted by atomic mass is 35.5. The van der Waals surface area contributed by atoms with Crippen LogP contribution in [-0.2, 0) is 11.2 Å². The highest BCUT2D eigenvalue weighted by molar-refractivity contribution is 6.31. The average Bonchev–Trinajstić information content (AvgIpc) is 2.76. The fourth-order valence-corrected chi connectivity index (χ4v) is 3.75. The van der Waals surface area contributed by atoms with Crippen molar-refractivity contribution in [2.75, 3.05) is 23.3 Å². The van der Waals surface area contributed by atoms with Crippen molar-refractivity contribution < 1.29 is 4.79 Å². The maximum absolute atomic E-state index is 12.4. The number of rotatable bonds is 5. The van der Waals surface area contributed by atoms with Crippen LogP contribution in [0.4, 0.5) is 11.5 Å². The van der Waals surface area contributed by atoms with Crippen molar-refractivity contribution in [1.29, 1.82) is 0 Å². The van der Waals surface area contributed by atoms with Gasteiger partial charge in [-0.05, 0) is 55.2 Å². The van der Waals surface area contributed by atoms with Crippen molar-refractivity contribution in [3.63, 3.8) is 0 Å². The number of amides is 1. The van der Waals surface area contributed by atoms with Gasteiger partial charge in [-0.3, -0.25) is 4.79 Å². The zero-order chi connectivity index (χ0) is 20.1. The summed E-state index contributed by atoms with van der Waals surface area (Å²) in [5, 5.41) is 12.3. The fourth-order valence-electron chi connectivity index (χ4n) is 3.55. The molecule has 5 nitrogen and oxygen atoms in total. The van der Waals surface area contributed by atoms with E-state index in [0.29, 0.717) is 5.02 Å². The van der Waals surface area contributed by atoms with Crippen LogP contribution in [0, 0.1) is 0 Å². The molecule has 1 fully saturated rings. The molecule has 148 valence electrons. The molecule has 1 N–H and O–H groups in total. The Balaban J connectivity index is 1.44. The number of nitrogens with zero attached hydrogens (tertiary/aromatic N) is 3. The highest BCUT2D eigenvalue weighted by Crippen LogP contribution is 2.23. The van der Waals surface area contributed by atoms with E-state index in [4.69, 9.17) is 11.6 Å². The zero-order valence-electron chi connectivity index (χ0n) is 16.1. The lowest BCUT2D eigenvalue weighted by Gasteiger charge is -2.27. The summed E-state index contributed by atoms with van der Waals surface area (Å²) in [5.41, 5.74) is 3.23. The molecule has 29 heavy (non-hydrogen) atoms. The fraction of sp³-hybridized carbons (Fsp3) is 0.261. The molecule has 1 amide bonds. The molecule has 1 aliphatic heterocycles. The Kier molecular flexibility index (Phi) is 6.06. The number of piperidine rings is 1. The Bertz CT molecular complexity index is 984. The molecular weight excluding hydrogens is 384 g/mol. The number of hydrogen-bond donors (Lipinski definition) is 1. The lowest BCUT2D eigenvalue weighted by molar-refractivity contribution is -0.115. The molecule has 1 aromatic heterocycles. The molecule has 1 saturated heterocycles. The second-order valence-corrected chi connectivity index (χ2v) is 7.63. The van der Waals surface area contributed by atoms with Crippen molar-refractivity contribution in [1.82, 2.24) is 10.2 Å². The molecule has 3 aromatic rings. The van der Waals surface area contributed by atoms with Gasteiger partial charge in [-0.15, -0.1) is 10.2 Å². The van der Waals surface area contributed by atoms with E-state index in [9.17, 15) is 4.79 Å². The van der Waals surface area contributed by atoms with Gasteiger partial charge >= 0.3 is 0 Å². The number of benzene rings is 2. The van der Waals surface area contributed by atoms with Crippen LogP contribution < -0.4 is 10.2 Å². The van der Waals surface area contributed by atoms with Gasteiger partial charge < -0.3 is 10.2 Å². The van der Waals surface area contributed by atoms with E-state index in [1.54, 1.807) is 6.07 Å². The Morgan fingerprint density at radius 3 is 2.55 bits per heavy atom. The maximum Gasteiger partial charge on any atom is 0.228 e. The van der Waals surface area contributed by atoms with Gasteiger partial charge in [0, 0.05) is 29.4 Å². The summed E-state index contributed by atoms with van der Waals surface area (Å²) in [6, 6.07) is 19.0. The van der Waals surface area contributed by atoms with E-state index < -0.39 is 0 Å². The van der Waals surface area contributed by atoms with Crippen LogP contribution in [0.5, 0.6) is 0 Å². The van der Waals surface area contributed by atoms with Gasteiger partial charge in [-0.1, -0.05) is 41.9 Å². The molecule has 0 aliphatic carbocycles. The molecule has 0 atom stereocenters. The van der Waals surface area contributed by atoms with Gasteiger partial charge in [0.15, 0.2) is 5.82 Å². The number of carbonyl (C=O) groups is 1. The van der Waals surface area contributed by atoms with Gasteiger partial charge in [0.05, 0.1) is 12.1 Å². The molecule has 1 aliphatic rings. The summed E-state index contributed by atoms with van der Waals surface area (Å²) in [4.78, 5) is 14.7. The molecule has 0 saturated carbocycles. The first kappa shape index (κ1) is 19.4. The predicted octanol–water partition coefficient (Wildman–Crippen LogP) is 4.97. The highest BCUT2D eigenvalue weighted by Gasteiger charge is 2.13. The molecule has 2 aromatic carbocycles. The quantitative estimate of drug-likeness (QED) is 0.650. The van der Waals surface area contributed by atoms with Crippen LogP contribution in [0.3, 0.4) is 0 Å². The molecule has 0 bridgehead atoms.